The molecular formula is C22H22N6. The molecule has 6 heteroatoms. The molecule has 0 N–H and O–H groups in total. The van der Waals surface area contributed by atoms with E-state index in [9.17, 15) is 0 Å². The van der Waals surface area contributed by atoms with Gasteiger partial charge in [-0.1, -0.05) is 60.7 Å². The fraction of sp³-hybridized carbons (Fsp3) is 0.182. The van der Waals surface area contributed by atoms with E-state index in [2.05, 4.69) is 9.97 Å². The maximum Gasteiger partial charge on any atom is 0.228 e. The summed E-state index contributed by atoms with van der Waals surface area (Å²) in [7, 11) is 7.75. The number of hydrogen-bond donors (Lipinski definition) is 0. The SMILES string of the molecule is CN(C)c1nc(N(C)C)c2nc(-c3ccccc3)c(-c3ccccc3)nc2n1. The quantitative estimate of drug-likeness (QED) is 0.543. The van der Waals surface area contributed by atoms with Gasteiger partial charge in [0, 0.05) is 39.3 Å². The molecule has 140 valence electrons. The van der Waals surface area contributed by atoms with Crippen molar-refractivity contribution < 1.29 is 0 Å². The summed E-state index contributed by atoms with van der Waals surface area (Å²) in [6, 6.07) is 20.2. The number of hydrogen-bond acceptors (Lipinski definition) is 6. The molecule has 0 radical (unpaired) electrons. The van der Waals surface area contributed by atoms with Crippen molar-refractivity contribution in [3.8, 4) is 22.5 Å². The molecule has 0 saturated heterocycles. The fourth-order valence-electron chi connectivity index (χ4n) is 3.03. The second-order valence-electron chi connectivity index (χ2n) is 6.96. The van der Waals surface area contributed by atoms with Gasteiger partial charge in [-0.15, -0.1) is 0 Å². The van der Waals surface area contributed by atoms with Crippen molar-refractivity contribution in [2.75, 3.05) is 38.0 Å². The molecule has 0 bridgehead atoms. The molecule has 0 aliphatic carbocycles. The Hall–Kier alpha value is -3.54. The Morgan fingerprint density at radius 2 is 1.11 bits per heavy atom. The zero-order valence-electron chi connectivity index (χ0n) is 16.5. The minimum atomic E-state index is 0.584. The topological polar surface area (TPSA) is 58.0 Å². The predicted octanol–water partition coefficient (Wildman–Crippen LogP) is 3.89. The van der Waals surface area contributed by atoms with Crippen LogP contribution in [0.4, 0.5) is 11.8 Å². The Kier molecular flexibility index (Phi) is 4.61. The predicted molar refractivity (Wildman–Crippen MR) is 115 cm³/mol. The van der Waals surface area contributed by atoms with E-state index in [1.807, 2.05) is 98.7 Å². The molecule has 4 aromatic rings. The first kappa shape index (κ1) is 17.9. The summed E-state index contributed by atoms with van der Waals surface area (Å²) < 4.78 is 0. The third-order valence-electron chi connectivity index (χ3n) is 4.42. The van der Waals surface area contributed by atoms with Crippen molar-refractivity contribution in [3.63, 3.8) is 0 Å². The van der Waals surface area contributed by atoms with Gasteiger partial charge in [-0.05, 0) is 0 Å². The number of nitrogens with zero attached hydrogens (tertiary/aromatic N) is 6. The van der Waals surface area contributed by atoms with Crippen molar-refractivity contribution in [3.05, 3.63) is 60.7 Å². The van der Waals surface area contributed by atoms with Gasteiger partial charge in [0.05, 0.1) is 11.4 Å². The van der Waals surface area contributed by atoms with E-state index in [0.717, 1.165) is 28.3 Å². The lowest BCUT2D eigenvalue weighted by molar-refractivity contribution is 0.976. The highest BCUT2D eigenvalue weighted by Gasteiger charge is 2.19. The van der Waals surface area contributed by atoms with Crippen LogP contribution < -0.4 is 9.80 Å². The van der Waals surface area contributed by atoms with Crippen molar-refractivity contribution in [2.24, 2.45) is 0 Å². The van der Waals surface area contributed by atoms with Gasteiger partial charge in [0.1, 0.15) is 0 Å². The maximum atomic E-state index is 5.00. The van der Waals surface area contributed by atoms with Crippen LogP contribution in [0.3, 0.4) is 0 Å². The number of rotatable bonds is 4. The van der Waals surface area contributed by atoms with Crippen LogP contribution in [0.1, 0.15) is 0 Å². The summed E-state index contributed by atoms with van der Waals surface area (Å²) in [4.78, 5) is 23.1. The van der Waals surface area contributed by atoms with Crippen LogP contribution in [-0.4, -0.2) is 48.1 Å². The molecule has 0 fully saturated rings. The molecule has 2 heterocycles. The van der Waals surface area contributed by atoms with Crippen LogP contribution in [0.2, 0.25) is 0 Å². The number of fused-ring (bicyclic) bond motifs is 1. The van der Waals surface area contributed by atoms with Crippen molar-refractivity contribution in [1.82, 2.24) is 19.9 Å². The monoisotopic (exact) mass is 370 g/mol. The standard InChI is InChI=1S/C22H22N6/c1-27(2)21-19-20(25-22(26-21)28(3)4)24-18(16-13-9-6-10-14-16)17(23-19)15-11-7-5-8-12-15/h5-14H,1-4H3. The molecule has 0 amide bonds. The fourth-order valence-corrected chi connectivity index (χ4v) is 3.03. The van der Waals surface area contributed by atoms with Crippen molar-refractivity contribution in [2.45, 2.75) is 0 Å². The van der Waals surface area contributed by atoms with Crippen LogP contribution in [0.15, 0.2) is 60.7 Å². The van der Waals surface area contributed by atoms with Gasteiger partial charge in [0.2, 0.25) is 5.95 Å². The highest BCUT2D eigenvalue weighted by Crippen LogP contribution is 2.32. The molecule has 4 rings (SSSR count). The summed E-state index contributed by atoms with van der Waals surface area (Å²) in [5.74, 6) is 1.36. The number of anilines is 2. The largest absolute Gasteiger partial charge is 0.361 e. The van der Waals surface area contributed by atoms with E-state index in [0.29, 0.717) is 17.1 Å². The summed E-state index contributed by atoms with van der Waals surface area (Å²) in [6.07, 6.45) is 0. The normalized spacial score (nSPS) is 10.9. The van der Waals surface area contributed by atoms with Crippen molar-refractivity contribution in [1.29, 1.82) is 0 Å². The highest BCUT2D eigenvalue weighted by molar-refractivity contribution is 5.90. The molecule has 2 aromatic heterocycles. The Bertz CT molecular complexity index is 1110. The molecule has 28 heavy (non-hydrogen) atoms. The van der Waals surface area contributed by atoms with Crippen LogP contribution in [0, 0.1) is 0 Å². The molecule has 2 aromatic carbocycles. The van der Waals surface area contributed by atoms with Crippen LogP contribution in [0.25, 0.3) is 33.7 Å². The first-order valence-electron chi connectivity index (χ1n) is 9.10. The maximum absolute atomic E-state index is 5.00. The lowest BCUT2D eigenvalue weighted by Crippen LogP contribution is -2.18. The van der Waals surface area contributed by atoms with Crippen molar-refractivity contribution >= 4 is 22.9 Å². The molecule has 0 unspecified atom stereocenters. The van der Waals surface area contributed by atoms with E-state index in [4.69, 9.17) is 9.97 Å². The Labute approximate surface area is 164 Å². The molecule has 0 aliphatic rings. The minimum absolute atomic E-state index is 0.584. The Morgan fingerprint density at radius 1 is 0.571 bits per heavy atom. The molecule has 6 nitrogen and oxygen atoms in total. The molecule has 0 saturated carbocycles. The van der Waals surface area contributed by atoms with Gasteiger partial charge < -0.3 is 9.80 Å². The number of aromatic nitrogens is 4. The van der Waals surface area contributed by atoms with E-state index in [1.165, 1.54) is 0 Å². The zero-order valence-corrected chi connectivity index (χ0v) is 16.5. The lowest BCUT2D eigenvalue weighted by Gasteiger charge is -2.18. The van der Waals surface area contributed by atoms with E-state index in [1.54, 1.807) is 0 Å². The zero-order chi connectivity index (χ0) is 19.7. The summed E-state index contributed by atoms with van der Waals surface area (Å²) in [6.45, 7) is 0. The van der Waals surface area contributed by atoms with Gasteiger partial charge >= 0.3 is 0 Å². The lowest BCUT2D eigenvalue weighted by atomic mass is 10.0. The van der Waals surface area contributed by atoms with Crippen LogP contribution in [0.5, 0.6) is 0 Å². The van der Waals surface area contributed by atoms with E-state index < -0.39 is 0 Å². The Morgan fingerprint density at radius 3 is 1.61 bits per heavy atom. The molecule has 0 atom stereocenters. The van der Waals surface area contributed by atoms with Gasteiger partial charge in [-0.3, -0.25) is 0 Å². The van der Waals surface area contributed by atoms with Gasteiger partial charge in [-0.2, -0.15) is 9.97 Å². The summed E-state index contributed by atoms with van der Waals surface area (Å²) in [5, 5.41) is 0. The number of benzene rings is 2. The van der Waals surface area contributed by atoms with E-state index >= 15 is 0 Å². The first-order valence-corrected chi connectivity index (χ1v) is 9.10. The second-order valence-corrected chi connectivity index (χ2v) is 6.96. The minimum Gasteiger partial charge on any atom is -0.361 e. The smallest absolute Gasteiger partial charge is 0.228 e. The Balaban J connectivity index is 2.08. The van der Waals surface area contributed by atoms with Gasteiger partial charge in [-0.25, -0.2) is 9.97 Å². The highest BCUT2D eigenvalue weighted by atomic mass is 15.3. The third kappa shape index (κ3) is 3.24. The average molecular weight is 370 g/mol. The van der Waals surface area contributed by atoms with Gasteiger partial charge in [0.15, 0.2) is 17.0 Å². The third-order valence-corrected chi connectivity index (χ3v) is 4.42. The summed E-state index contributed by atoms with van der Waals surface area (Å²) in [5.41, 5.74) is 4.93. The molecule has 0 spiro atoms. The second kappa shape index (κ2) is 7.23. The summed E-state index contributed by atoms with van der Waals surface area (Å²) >= 11 is 0. The van der Waals surface area contributed by atoms with Crippen LogP contribution >= 0.6 is 0 Å². The first-order chi connectivity index (χ1) is 13.5. The van der Waals surface area contributed by atoms with Gasteiger partial charge in [0.25, 0.3) is 0 Å². The molecular weight excluding hydrogens is 348 g/mol. The van der Waals surface area contributed by atoms with Crippen LogP contribution in [-0.2, 0) is 0 Å². The van der Waals surface area contributed by atoms with E-state index in [-0.39, 0.29) is 0 Å². The molecule has 0 aliphatic heterocycles. The average Bonchev–Trinajstić information content (AvgIpc) is 2.73.